The molecule has 2 aliphatic heterocycles. The monoisotopic (exact) mass is 401 g/mol. The van der Waals surface area contributed by atoms with Gasteiger partial charge in [-0.3, -0.25) is 0 Å². The lowest BCUT2D eigenvalue weighted by molar-refractivity contribution is 0.205. The van der Waals surface area contributed by atoms with Gasteiger partial charge < -0.3 is 15.1 Å². The number of carbonyl (C=O) groups is 1. The number of nitrogens with zero attached hydrogens (tertiary/aromatic N) is 4. The van der Waals surface area contributed by atoms with Crippen LogP contribution in [0.15, 0.2) is 18.2 Å². The number of benzene rings is 1. The Morgan fingerprint density at radius 2 is 1.93 bits per heavy atom. The van der Waals surface area contributed by atoms with Crippen molar-refractivity contribution < 1.29 is 13.6 Å². The molecule has 1 aromatic carbocycles. The van der Waals surface area contributed by atoms with Gasteiger partial charge >= 0.3 is 6.03 Å². The fourth-order valence-corrected chi connectivity index (χ4v) is 3.96. The smallest absolute Gasteiger partial charge is 0.322 e. The normalized spacial score (nSPS) is 17.2. The average Bonchev–Trinajstić information content (AvgIpc) is 2.69. The first-order valence-electron chi connectivity index (χ1n) is 10.0. The predicted octanol–water partition coefficient (Wildman–Crippen LogP) is 3.89. The number of amides is 2. The average molecular weight is 401 g/mol. The van der Waals surface area contributed by atoms with Crippen LogP contribution >= 0.6 is 0 Å². The summed E-state index contributed by atoms with van der Waals surface area (Å²) in [6, 6.07) is 2.69. The molecule has 1 N–H and O–H groups in total. The standard InChI is InChI=1S/C21H25F2N5O/c1-13-5-8-27(9-6-13)20-16-12-28(10-7-18(16)24-14(2)25-20)21(29)26-19-4-3-15(22)11-17(19)23/h3-4,11,13H,5-10,12H2,1-2H3,(H,26,29). The quantitative estimate of drug-likeness (QED) is 0.829. The van der Waals surface area contributed by atoms with Gasteiger partial charge in [0.05, 0.1) is 17.9 Å². The number of rotatable bonds is 2. The molecule has 1 saturated heterocycles. The van der Waals surface area contributed by atoms with Crippen molar-refractivity contribution >= 4 is 17.5 Å². The lowest BCUT2D eigenvalue weighted by atomic mass is 9.98. The van der Waals surface area contributed by atoms with Crippen molar-refractivity contribution in [2.75, 3.05) is 29.9 Å². The van der Waals surface area contributed by atoms with E-state index in [0.717, 1.165) is 61.0 Å². The molecule has 0 spiro atoms. The minimum Gasteiger partial charge on any atom is -0.356 e. The summed E-state index contributed by atoms with van der Waals surface area (Å²) in [5.74, 6) is 0.879. The Morgan fingerprint density at radius 3 is 2.66 bits per heavy atom. The molecule has 1 fully saturated rings. The molecule has 8 heteroatoms. The Balaban J connectivity index is 1.54. The summed E-state index contributed by atoms with van der Waals surface area (Å²) in [6.07, 6.45) is 2.85. The Bertz CT molecular complexity index is 928. The molecular formula is C21H25F2N5O. The third-order valence-electron chi connectivity index (χ3n) is 5.69. The van der Waals surface area contributed by atoms with E-state index in [-0.39, 0.29) is 5.69 Å². The third-order valence-corrected chi connectivity index (χ3v) is 5.69. The van der Waals surface area contributed by atoms with E-state index in [1.807, 2.05) is 6.92 Å². The summed E-state index contributed by atoms with van der Waals surface area (Å²) in [6.45, 7) is 6.89. The first-order chi connectivity index (χ1) is 13.9. The van der Waals surface area contributed by atoms with Crippen LogP contribution < -0.4 is 10.2 Å². The van der Waals surface area contributed by atoms with Crippen LogP contribution in [-0.2, 0) is 13.0 Å². The minimum atomic E-state index is -0.794. The number of aromatic nitrogens is 2. The number of halogens is 2. The maximum Gasteiger partial charge on any atom is 0.322 e. The summed E-state index contributed by atoms with van der Waals surface area (Å²) in [5.41, 5.74) is 1.90. The number of aryl methyl sites for hydroxylation is 1. The van der Waals surface area contributed by atoms with Crippen molar-refractivity contribution in [2.45, 2.75) is 39.7 Å². The van der Waals surface area contributed by atoms with Crippen LogP contribution in [0.2, 0.25) is 0 Å². The van der Waals surface area contributed by atoms with E-state index in [9.17, 15) is 13.6 Å². The summed E-state index contributed by atoms with van der Waals surface area (Å²) >= 11 is 0. The van der Waals surface area contributed by atoms with Gasteiger partial charge in [-0.25, -0.2) is 23.5 Å². The molecule has 0 bridgehead atoms. The van der Waals surface area contributed by atoms with Crippen LogP contribution in [-0.4, -0.2) is 40.5 Å². The number of hydrogen-bond acceptors (Lipinski definition) is 4. The van der Waals surface area contributed by atoms with Gasteiger partial charge in [0.1, 0.15) is 23.3 Å². The van der Waals surface area contributed by atoms with E-state index in [0.29, 0.717) is 25.4 Å². The summed E-state index contributed by atoms with van der Waals surface area (Å²) < 4.78 is 27.0. The second-order valence-corrected chi connectivity index (χ2v) is 7.92. The molecule has 0 atom stereocenters. The lowest BCUT2D eigenvalue weighted by Crippen LogP contribution is -2.41. The highest BCUT2D eigenvalue weighted by atomic mass is 19.1. The van der Waals surface area contributed by atoms with Crippen LogP contribution in [0.1, 0.15) is 36.8 Å². The number of piperidine rings is 1. The predicted molar refractivity (Wildman–Crippen MR) is 107 cm³/mol. The highest BCUT2D eigenvalue weighted by molar-refractivity contribution is 5.89. The van der Waals surface area contributed by atoms with Crippen LogP contribution in [0.25, 0.3) is 0 Å². The number of urea groups is 1. The molecule has 1 aromatic heterocycles. The molecular weight excluding hydrogens is 376 g/mol. The van der Waals surface area contributed by atoms with Crippen LogP contribution in [0, 0.1) is 24.5 Å². The van der Waals surface area contributed by atoms with E-state index in [1.165, 1.54) is 6.07 Å². The van der Waals surface area contributed by atoms with Gasteiger partial charge in [-0.15, -0.1) is 0 Å². The highest BCUT2D eigenvalue weighted by Crippen LogP contribution is 2.30. The molecule has 2 aromatic rings. The number of nitrogens with one attached hydrogen (secondary N) is 1. The van der Waals surface area contributed by atoms with Crippen molar-refractivity contribution in [1.29, 1.82) is 0 Å². The van der Waals surface area contributed by atoms with E-state index in [2.05, 4.69) is 22.1 Å². The van der Waals surface area contributed by atoms with Crippen LogP contribution in [0.4, 0.5) is 25.1 Å². The molecule has 2 amide bonds. The molecule has 0 aliphatic carbocycles. The zero-order valence-electron chi connectivity index (χ0n) is 16.7. The molecule has 6 nitrogen and oxygen atoms in total. The number of carbonyl (C=O) groups excluding carboxylic acids is 1. The largest absolute Gasteiger partial charge is 0.356 e. The molecule has 0 radical (unpaired) electrons. The number of hydrogen-bond donors (Lipinski definition) is 1. The van der Waals surface area contributed by atoms with Gasteiger partial charge in [0.15, 0.2) is 0 Å². The van der Waals surface area contributed by atoms with Crippen molar-refractivity contribution in [2.24, 2.45) is 5.92 Å². The molecule has 0 saturated carbocycles. The van der Waals surface area contributed by atoms with Gasteiger partial charge in [-0.05, 0) is 37.8 Å². The fourth-order valence-electron chi connectivity index (χ4n) is 3.96. The second-order valence-electron chi connectivity index (χ2n) is 7.92. The summed E-state index contributed by atoms with van der Waals surface area (Å²) in [5, 5.41) is 2.55. The van der Waals surface area contributed by atoms with Gasteiger partial charge in [-0.1, -0.05) is 6.92 Å². The van der Waals surface area contributed by atoms with E-state index >= 15 is 0 Å². The van der Waals surface area contributed by atoms with Gasteiger partial charge in [-0.2, -0.15) is 0 Å². The zero-order chi connectivity index (χ0) is 20.5. The van der Waals surface area contributed by atoms with Crippen molar-refractivity contribution in [3.63, 3.8) is 0 Å². The highest BCUT2D eigenvalue weighted by Gasteiger charge is 2.28. The van der Waals surface area contributed by atoms with Crippen molar-refractivity contribution in [1.82, 2.24) is 14.9 Å². The molecule has 3 heterocycles. The second kappa shape index (κ2) is 7.93. The Kier molecular flexibility index (Phi) is 5.34. The maximum atomic E-state index is 13.9. The van der Waals surface area contributed by atoms with Crippen molar-refractivity contribution in [3.05, 3.63) is 46.9 Å². The van der Waals surface area contributed by atoms with Crippen molar-refractivity contribution in [3.8, 4) is 0 Å². The summed E-state index contributed by atoms with van der Waals surface area (Å²) in [7, 11) is 0. The molecule has 29 heavy (non-hydrogen) atoms. The Hall–Kier alpha value is -2.77. The van der Waals surface area contributed by atoms with Crippen LogP contribution in [0.5, 0.6) is 0 Å². The molecule has 154 valence electrons. The number of fused-ring (bicyclic) bond motifs is 1. The first kappa shape index (κ1) is 19.5. The van der Waals surface area contributed by atoms with E-state index in [4.69, 9.17) is 4.98 Å². The van der Waals surface area contributed by atoms with Gasteiger partial charge in [0, 0.05) is 37.7 Å². The third kappa shape index (κ3) is 4.16. The van der Waals surface area contributed by atoms with E-state index in [1.54, 1.807) is 4.90 Å². The minimum absolute atomic E-state index is 0.0346. The van der Waals surface area contributed by atoms with E-state index < -0.39 is 17.7 Å². The molecule has 2 aliphatic rings. The zero-order valence-corrected chi connectivity index (χ0v) is 16.7. The SMILES string of the molecule is Cc1nc2c(c(N3CCC(C)CC3)n1)CN(C(=O)Nc1ccc(F)cc1F)CC2. The summed E-state index contributed by atoms with van der Waals surface area (Å²) in [4.78, 5) is 25.9. The lowest BCUT2D eigenvalue weighted by Gasteiger charge is -2.36. The van der Waals surface area contributed by atoms with Gasteiger partial charge in [0.25, 0.3) is 0 Å². The Morgan fingerprint density at radius 1 is 1.17 bits per heavy atom. The van der Waals surface area contributed by atoms with Crippen LogP contribution in [0.3, 0.4) is 0 Å². The maximum absolute atomic E-state index is 13.9. The fraction of sp³-hybridized carbons (Fsp3) is 0.476. The Labute approximate surface area is 168 Å². The first-order valence-corrected chi connectivity index (χ1v) is 10.0. The topological polar surface area (TPSA) is 61.4 Å². The number of anilines is 2. The van der Waals surface area contributed by atoms with Gasteiger partial charge in [0.2, 0.25) is 0 Å². The molecule has 4 rings (SSSR count). The molecule has 0 unspecified atom stereocenters.